The first-order valence-electron chi connectivity index (χ1n) is 8.73. The Morgan fingerprint density at radius 2 is 2.23 bits per heavy atom. The van der Waals surface area contributed by atoms with Gasteiger partial charge in [-0.1, -0.05) is 17.8 Å². The second-order valence-corrected chi connectivity index (χ2v) is 7.63. The van der Waals surface area contributed by atoms with Crippen LogP contribution in [0.5, 0.6) is 5.88 Å². The van der Waals surface area contributed by atoms with E-state index in [4.69, 9.17) is 4.74 Å². The van der Waals surface area contributed by atoms with Crippen molar-refractivity contribution in [2.75, 3.05) is 19.0 Å². The lowest BCUT2D eigenvalue weighted by molar-refractivity contribution is -0.122. The van der Waals surface area contributed by atoms with Gasteiger partial charge in [0.15, 0.2) is 5.13 Å². The van der Waals surface area contributed by atoms with Crippen LogP contribution in [0.1, 0.15) is 40.2 Å². The molecular weight excluding hydrogens is 352 g/mol. The van der Waals surface area contributed by atoms with Gasteiger partial charge in [-0.3, -0.25) is 9.59 Å². The SMILES string of the molecule is COc1ncccc1C(=O)N1CCc2nc(NC(=O)C3CCC3)sc2C1. The van der Waals surface area contributed by atoms with Crippen LogP contribution in [-0.4, -0.2) is 40.3 Å². The molecule has 3 heterocycles. The van der Waals surface area contributed by atoms with Crippen LogP contribution in [0.2, 0.25) is 0 Å². The maximum atomic E-state index is 12.8. The number of nitrogens with zero attached hydrogens (tertiary/aromatic N) is 3. The Balaban J connectivity index is 1.47. The lowest BCUT2D eigenvalue weighted by atomic mass is 9.85. The molecule has 0 bridgehead atoms. The molecule has 0 aromatic carbocycles. The van der Waals surface area contributed by atoms with Crippen LogP contribution in [-0.2, 0) is 17.8 Å². The van der Waals surface area contributed by atoms with Crippen LogP contribution in [0.4, 0.5) is 5.13 Å². The van der Waals surface area contributed by atoms with Crippen LogP contribution < -0.4 is 10.1 Å². The molecule has 1 aliphatic heterocycles. The number of ether oxygens (including phenoxy) is 1. The number of aromatic nitrogens is 2. The fourth-order valence-electron chi connectivity index (χ4n) is 3.19. The minimum atomic E-state index is -0.103. The van der Waals surface area contributed by atoms with E-state index in [-0.39, 0.29) is 17.7 Å². The number of pyridine rings is 1. The van der Waals surface area contributed by atoms with Gasteiger partial charge in [-0.2, -0.15) is 0 Å². The van der Waals surface area contributed by atoms with E-state index in [0.29, 0.717) is 36.1 Å². The first-order chi connectivity index (χ1) is 12.7. The van der Waals surface area contributed by atoms with Gasteiger partial charge in [-0.15, -0.1) is 0 Å². The largest absolute Gasteiger partial charge is 0.480 e. The average molecular weight is 372 g/mol. The summed E-state index contributed by atoms with van der Waals surface area (Å²) < 4.78 is 5.20. The van der Waals surface area contributed by atoms with Gasteiger partial charge >= 0.3 is 0 Å². The van der Waals surface area contributed by atoms with Crippen molar-refractivity contribution in [3.8, 4) is 5.88 Å². The zero-order chi connectivity index (χ0) is 18.1. The Morgan fingerprint density at radius 3 is 2.96 bits per heavy atom. The van der Waals surface area contributed by atoms with Crippen molar-refractivity contribution in [2.24, 2.45) is 5.92 Å². The van der Waals surface area contributed by atoms with Gasteiger partial charge in [0.2, 0.25) is 11.8 Å². The molecule has 1 aliphatic carbocycles. The molecule has 26 heavy (non-hydrogen) atoms. The van der Waals surface area contributed by atoms with Gasteiger partial charge < -0.3 is 15.0 Å². The van der Waals surface area contributed by atoms with Gasteiger partial charge in [0.1, 0.15) is 5.56 Å². The number of nitrogens with one attached hydrogen (secondary N) is 1. The Morgan fingerprint density at radius 1 is 1.38 bits per heavy atom. The van der Waals surface area contributed by atoms with Crippen molar-refractivity contribution < 1.29 is 14.3 Å². The molecule has 1 fully saturated rings. The van der Waals surface area contributed by atoms with Crippen molar-refractivity contribution in [3.63, 3.8) is 0 Å². The number of hydrogen-bond donors (Lipinski definition) is 1. The number of carbonyl (C=O) groups is 2. The molecule has 0 atom stereocenters. The average Bonchev–Trinajstić information content (AvgIpc) is 3.00. The van der Waals surface area contributed by atoms with E-state index >= 15 is 0 Å². The second kappa shape index (κ2) is 7.03. The van der Waals surface area contributed by atoms with Crippen LogP contribution in [0.15, 0.2) is 18.3 Å². The monoisotopic (exact) mass is 372 g/mol. The third kappa shape index (κ3) is 3.16. The highest BCUT2D eigenvalue weighted by atomic mass is 32.1. The van der Waals surface area contributed by atoms with Crippen LogP contribution in [0, 0.1) is 5.92 Å². The smallest absolute Gasteiger partial charge is 0.259 e. The molecule has 0 saturated heterocycles. The van der Waals surface area contributed by atoms with Gasteiger partial charge in [-0.25, -0.2) is 9.97 Å². The standard InChI is InChI=1S/C18H20N4O3S/c1-25-16-12(6-3-8-19-16)17(24)22-9-7-13-14(10-22)26-18(20-13)21-15(23)11-4-2-5-11/h3,6,8,11H,2,4-5,7,9-10H2,1H3,(H,20,21,23). The van der Waals surface area contributed by atoms with Crippen molar-refractivity contribution in [2.45, 2.75) is 32.2 Å². The van der Waals surface area contributed by atoms with Crippen molar-refractivity contribution in [3.05, 3.63) is 34.5 Å². The molecule has 136 valence electrons. The molecule has 1 N–H and O–H groups in total. The lowest BCUT2D eigenvalue weighted by Crippen LogP contribution is -2.35. The third-order valence-corrected chi connectivity index (χ3v) is 5.92. The summed E-state index contributed by atoms with van der Waals surface area (Å²) in [7, 11) is 1.51. The van der Waals surface area contributed by atoms with Gasteiger partial charge in [0, 0.05) is 30.0 Å². The van der Waals surface area contributed by atoms with E-state index in [2.05, 4.69) is 15.3 Å². The number of anilines is 1. The lowest BCUT2D eigenvalue weighted by Gasteiger charge is -2.26. The molecule has 2 aliphatic rings. The minimum Gasteiger partial charge on any atom is -0.480 e. The number of hydrogen-bond acceptors (Lipinski definition) is 6. The second-order valence-electron chi connectivity index (χ2n) is 6.54. The van der Waals surface area contributed by atoms with Crippen molar-refractivity contribution in [1.82, 2.24) is 14.9 Å². The summed E-state index contributed by atoms with van der Waals surface area (Å²) in [6.07, 6.45) is 5.34. The summed E-state index contributed by atoms with van der Waals surface area (Å²) >= 11 is 1.46. The maximum absolute atomic E-state index is 12.8. The molecule has 2 aromatic heterocycles. The number of thiazole rings is 1. The number of rotatable bonds is 4. The summed E-state index contributed by atoms with van der Waals surface area (Å²) in [6.45, 7) is 1.08. The predicted molar refractivity (Wildman–Crippen MR) is 97.3 cm³/mol. The van der Waals surface area contributed by atoms with Crippen LogP contribution in [0.25, 0.3) is 0 Å². The van der Waals surface area contributed by atoms with Crippen LogP contribution in [0.3, 0.4) is 0 Å². The molecule has 0 radical (unpaired) electrons. The number of carbonyl (C=O) groups excluding carboxylic acids is 2. The quantitative estimate of drug-likeness (QED) is 0.891. The molecule has 4 rings (SSSR count). The maximum Gasteiger partial charge on any atom is 0.259 e. The Bertz CT molecular complexity index is 847. The third-order valence-electron chi connectivity index (χ3n) is 4.92. The Kier molecular flexibility index (Phi) is 4.58. The summed E-state index contributed by atoms with van der Waals surface area (Å²) in [5.41, 5.74) is 1.43. The molecule has 2 amide bonds. The van der Waals surface area contributed by atoms with Crippen molar-refractivity contribution in [1.29, 1.82) is 0 Å². The van der Waals surface area contributed by atoms with E-state index in [1.165, 1.54) is 18.4 Å². The van der Waals surface area contributed by atoms with Crippen molar-refractivity contribution >= 4 is 28.3 Å². The zero-order valence-electron chi connectivity index (χ0n) is 14.5. The van der Waals surface area contributed by atoms with Gasteiger partial charge in [-0.05, 0) is 25.0 Å². The molecule has 2 aromatic rings. The topological polar surface area (TPSA) is 84.4 Å². The molecule has 0 unspecified atom stereocenters. The fourth-order valence-corrected chi connectivity index (χ4v) is 4.21. The van der Waals surface area contributed by atoms with Gasteiger partial charge in [0.05, 0.1) is 19.3 Å². The highest BCUT2D eigenvalue weighted by Gasteiger charge is 2.29. The fraction of sp³-hybridized carbons (Fsp3) is 0.444. The molecule has 1 saturated carbocycles. The summed E-state index contributed by atoms with van der Waals surface area (Å²) in [4.78, 5) is 36.4. The van der Waals surface area contributed by atoms with Crippen LogP contribution >= 0.6 is 11.3 Å². The van der Waals surface area contributed by atoms with E-state index in [1.54, 1.807) is 23.2 Å². The highest BCUT2D eigenvalue weighted by molar-refractivity contribution is 7.15. The molecule has 0 spiro atoms. The summed E-state index contributed by atoms with van der Waals surface area (Å²) in [5.74, 6) is 0.428. The van der Waals surface area contributed by atoms with E-state index in [9.17, 15) is 9.59 Å². The van der Waals surface area contributed by atoms with Gasteiger partial charge in [0.25, 0.3) is 5.91 Å². The Hall–Kier alpha value is -2.48. The number of amides is 2. The van der Waals surface area contributed by atoms with E-state index in [1.807, 2.05) is 0 Å². The Labute approximate surface area is 155 Å². The predicted octanol–water partition coefficient (Wildman–Crippen LogP) is 2.48. The first kappa shape index (κ1) is 17.0. The molecule has 8 heteroatoms. The number of methoxy groups -OCH3 is 1. The zero-order valence-corrected chi connectivity index (χ0v) is 15.3. The highest BCUT2D eigenvalue weighted by Crippen LogP contribution is 2.32. The minimum absolute atomic E-state index is 0.0652. The summed E-state index contributed by atoms with van der Waals surface area (Å²) in [5, 5.41) is 3.57. The first-order valence-corrected chi connectivity index (χ1v) is 9.55. The van der Waals surface area contributed by atoms with E-state index in [0.717, 1.165) is 29.8 Å². The summed E-state index contributed by atoms with van der Waals surface area (Å²) in [6, 6.07) is 3.45. The van der Waals surface area contributed by atoms with E-state index < -0.39 is 0 Å². The normalized spacial score (nSPS) is 16.6. The molecule has 7 nitrogen and oxygen atoms in total. The number of fused-ring (bicyclic) bond motifs is 1. The molecular formula is C18H20N4O3S.